The third-order valence-electron chi connectivity index (χ3n) is 5.55. The number of fused-ring (bicyclic) bond motifs is 1. The summed E-state index contributed by atoms with van der Waals surface area (Å²) in [4.78, 5) is 0. The van der Waals surface area contributed by atoms with E-state index < -0.39 is 29.8 Å². The maximum absolute atomic E-state index is 15.2. The Balaban J connectivity index is 1.61. The highest BCUT2D eigenvalue weighted by molar-refractivity contribution is 5.89. The van der Waals surface area contributed by atoms with Gasteiger partial charge in [-0.05, 0) is 58.8 Å². The van der Waals surface area contributed by atoms with Crippen molar-refractivity contribution in [2.75, 3.05) is 0 Å². The summed E-state index contributed by atoms with van der Waals surface area (Å²) in [5, 5.41) is 0.951. The van der Waals surface area contributed by atoms with Crippen LogP contribution in [0.1, 0.15) is 35.6 Å². The molecule has 0 nitrogen and oxygen atoms in total. The molecule has 0 aromatic heterocycles. The Labute approximate surface area is 195 Å². The maximum Gasteiger partial charge on any atom is 0.393 e. The van der Waals surface area contributed by atoms with E-state index in [-0.39, 0.29) is 11.1 Å². The van der Waals surface area contributed by atoms with Crippen LogP contribution < -0.4 is 0 Å². The fourth-order valence-corrected chi connectivity index (χ4v) is 3.85. The van der Waals surface area contributed by atoms with Crippen molar-refractivity contribution >= 4 is 10.8 Å². The topological polar surface area (TPSA) is 0 Å². The van der Waals surface area contributed by atoms with E-state index in [2.05, 4.69) is 30.9 Å². The highest BCUT2D eigenvalue weighted by atomic mass is 19.4. The molecule has 0 amide bonds. The lowest BCUT2D eigenvalue weighted by Gasteiger charge is -2.11. The normalized spacial score (nSPS) is 11.4. The van der Waals surface area contributed by atoms with Gasteiger partial charge < -0.3 is 0 Å². The summed E-state index contributed by atoms with van der Waals surface area (Å²) in [7, 11) is 0. The lowest BCUT2D eigenvalue weighted by molar-refractivity contribution is -0.127. The molecule has 4 rings (SSSR count). The Morgan fingerprint density at radius 3 is 2.15 bits per heavy atom. The SMILES string of the molecule is CCCc1ccc(C#Cc2ccc3c(F)c(-c4ccc(CC(F)(F)F)c(F)c4)ccc3c2)cc1. The summed E-state index contributed by atoms with van der Waals surface area (Å²) < 4.78 is 67.1. The summed E-state index contributed by atoms with van der Waals surface area (Å²) in [5.74, 6) is 4.62. The molecular weight excluding hydrogens is 443 g/mol. The molecule has 0 fully saturated rings. The van der Waals surface area contributed by atoms with Gasteiger partial charge in [0.1, 0.15) is 11.6 Å². The van der Waals surface area contributed by atoms with Crippen molar-refractivity contribution in [2.24, 2.45) is 0 Å². The molecule has 0 saturated heterocycles. The molecule has 172 valence electrons. The molecule has 0 aliphatic rings. The van der Waals surface area contributed by atoms with E-state index in [1.165, 1.54) is 17.7 Å². The first-order chi connectivity index (χ1) is 16.2. The molecule has 4 aromatic rings. The summed E-state index contributed by atoms with van der Waals surface area (Å²) in [6, 6.07) is 19.7. The fraction of sp³-hybridized carbons (Fsp3) is 0.172. The van der Waals surface area contributed by atoms with Crippen molar-refractivity contribution in [1.29, 1.82) is 0 Å². The van der Waals surface area contributed by atoms with Crippen molar-refractivity contribution in [1.82, 2.24) is 0 Å². The van der Waals surface area contributed by atoms with Crippen LogP contribution in [0.2, 0.25) is 0 Å². The zero-order valence-corrected chi connectivity index (χ0v) is 18.4. The van der Waals surface area contributed by atoms with Crippen LogP contribution in [0.4, 0.5) is 22.0 Å². The molecule has 0 radical (unpaired) electrons. The third-order valence-corrected chi connectivity index (χ3v) is 5.55. The van der Waals surface area contributed by atoms with Crippen LogP contribution in [-0.4, -0.2) is 6.18 Å². The second kappa shape index (κ2) is 9.69. The lowest BCUT2D eigenvalue weighted by Crippen LogP contribution is -2.12. The Bertz CT molecular complexity index is 1390. The Hall–Kier alpha value is -3.65. The Morgan fingerprint density at radius 2 is 1.47 bits per heavy atom. The predicted octanol–water partition coefficient (Wildman–Crippen LogP) is 8.24. The summed E-state index contributed by atoms with van der Waals surface area (Å²) in [5.41, 5.74) is 2.70. The number of halogens is 5. The van der Waals surface area contributed by atoms with Crippen molar-refractivity contribution in [3.8, 4) is 23.0 Å². The third kappa shape index (κ3) is 5.46. The van der Waals surface area contributed by atoms with E-state index in [0.717, 1.165) is 36.1 Å². The van der Waals surface area contributed by atoms with Crippen LogP contribution in [-0.2, 0) is 12.8 Å². The average molecular weight is 464 g/mol. The molecule has 0 atom stereocenters. The zero-order chi connectivity index (χ0) is 24.3. The van der Waals surface area contributed by atoms with Crippen molar-refractivity contribution in [3.05, 3.63) is 107 Å². The second-order valence-corrected chi connectivity index (χ2v) is 8.16. The zero-order valence-electron chi connectivity index (χ0n) is 18.4. The quantitative estimate of drug-likeness (QED) is 0.211. The van der Waals surface area contributed by atoms with Crippen LogP contribution in [0, 0.1) is 23.5 Å². The molecule has 5 heteroatoms. The molecule has 0 aliphatic carbocycles. The number of rotatable bonds is 4. The van der Waals surface area contributed by atoms with Gasteiger partial charge in [0.05, 0.1) is 6.42 Å². The first kappa shape index (κ1) is 23.5. The number of hydrogen-bond acceptors (Lipinski definition) is 0. The highest BCUT2D eigenvalue weighted by Crippen LogP contribution is 2.32. The molecule has 34 heavy (non-hydrogen) atoms. The van der Waals surface area contributed by atoms with E-state index in [4.69, 9.17) is 0 Å². The van der Waals surface area contributed by atoms with E-state index in [0.29, 0.717) is 10.8 Å². The predicted molar refractivity (Wildman–Crippen MR) is 125 cm³/mol. The minimum atomic E-state index is -4.52. The van der Waals surface area contributed by atoms with Gasteiger partial charge in [0, 0.05) is 22.1 Å². The van der Waals surface area contributed by atoms with Crippen molar-refractivity contribution in [3.63, 3.8) is 0 Å². The second-order valence-electron chi connectivity index (χ2n) is 8.16. The monoisotopic (exact) mass is 464 g/mol. The van der Waals surface area contributed by atoms with Crippen LogP contribution in [0.3, 0.4) is 0 Å². The first-order valence-corrected chi connectivity index (χ1v) is 10.9. The molecule has 0 bridgehead atoms. The number of hydrogen-bond donors (Lipinski definition) is 0. The average Bonchev–Trinajstić information content (AvgIpc) is 2.80. The minimum Gasteiger partial charge on any atom is -0.207 e. The summed E-state index contributed by atoms with van der Waals surface area (Å²) in [6.45, 7) is 2.13. The smallest absolute Gasteiger partial charge is 0.207 e. The molecule has 4 aromatic carbocycles. The number of aryl methyl sites for hydroxylation is 1. The van der Waals surface area contributed by atoms with Crippen LogP contribution in [0.15, 0.2) is 72.8 Å². The van der Waals surface area contributed by atoms with Gasteiger partial charge in [-0.25, -0.2) is 8.78 Å². The molecule has 0 heterocycles. The Morgan fingerprint density at radius 1 is 0.765 bits per heavy atom. The van der Waals surface area contributed by atoms with Crippen molar-refractivity contribution < 1.29 is 22.0 Å². The largest absolute Gasteiger partial charge is 0.393 e. The number of alkyl halides is 3. The fourth-order valence-electron chi connectivity index (χ4n) is 3.85. The minimum absolute atomic E-state index is 0.121. The van der Waals surface area contributed by atoms with E-state index in [1.54, 1.807) is 24.3 Å². The molecule has 0 unspecified atom stereocenters. The van der Waals surface area contributed by atoms with Gasteiger partial charge in [0.2, 0.25) is 0 Å². The summed E-state index contributed by atoms with van der Waals surface area (Å²) >= 11 is 0. The Kier molecular flexibility index (Phi) is 6.70. The number of benzene rings is 4. The van der Waals surface area contributed by atoms with E-state index >= 15 is 4.39 Å². The van der Waals surface area contributed by atoms with Crippen molar-refractivity contribution in [2.45, 2.75) is 32.4 Å². The van der Waals surface area contributed by atoms with Gasteiger partial charge in [0.25, 0.3) is 0 Å². The summed E-state index contributed by atoms with van der Waals surface area (Å²) in [6.07, 6.45) is -3.78. The van der Waals surface area contributed by atoms with E-state index in [9.17, 15) is 17.6 Å². The molecule has 0 saturated carbocycles. The molecular formula is C29H21F5. The highest BCUT2D eigenvalue weighted by Gasteiger charge is 2.29. The standard InChI is InChI=1S/C29H21F5/c1-2-3-19-4-6-20(7-5-19)8-9-21-10-14-25-22(16-21)13-15-26(28(25)31)23-11-12-24(27(30)17-23)18-29(32,33)34/h4-7,10-17H,2-3,18H2,1H3. The maximum atomic E-state index is 15.2. The lowest BCUT2D eigenvalue weighted by atomic mass is 9.97. The van der Waals surface area contributed by atoms with Crippen LogP contribution >= 0.6 is 0 Å². The molecule has 0 N–H and O–H groups in total. The van der Waals surface area contributed by atoms with Gasteiger partial charge in [-0.1, -0.05) is 67.6 Å². The van der Waals surface area contributed by atoms with Crippen LogP contribution in [0.5, 0.6) is 0 Å². The van der Waals surface area contributed by atoms with Crippen LogP contribution in [0.25, 0.3) is 21.9 Å². The van der Waals surface area contributed by atoms with Gasteiger partial charge in [-0.2, -0.15) is 13.2 Å². The molecule has 0 aliphatic heterocycles. The van der Waals surface area contributed by atoms with Gasteiger partial charge in [0.15, 0.2) is 0 Å². The van der Waals surface area contributed by atoms with Gasteiger partial charge >= 0.3 is 6.18 Å². The van der Waals surface area contributed by atoms with Gasteiger partial charge in [-0.15, -0.1) is 0 Å². The van der Waals surface area contributed by atoms with E-state index in [1.807, 2.05) is 12.1 Å². The van der Waals surface area contributed by atoms with Gasteiger partial charge in [-0.3, -0.25) is 0 Å². The first-order valence-electron chi connectivity index (χ1n) is 10.9. The molecule has 0 spiro atoms.